The van der Waals surface area contributed by atoms with Crippen LogP contribution in [0.3, 0.4) is 0 Å². The predicted octanol–water partition coefficient (Wildman–Crippen LogP) is 2.05. The van der Waals surface area contributed by atoms with Gasteiger partial charge in [-0.05, 0) is 18.4 Å². The maximum atomic E-state index is 9.67. The molecule has 0 unspecified atom stereocenters. The van der Waals surface area contributed by atoms with Gasteiger partial charge in [-0.25, -0.2) is 0 Å². The number of hydrogen-bond donors (Lipinski definition) is 2. The topological polar surface area (TPSA) is 40.5 Å². The molecule has 2 nitrogen and oxygen atoms in total. The molecule has 2 heteroatoms. The molecule has 0 aliphatic heterocycles. The molecule has 0 saturated heterocycles. The van der Waals surface area contributed by atoms with Gasteiger partial charge in [0, 0.05) is 6.61 Å². The second-order valence-electron chi connectivity index (χ2n) is 3.15. The third-order valence-electron chi connectivity index (χ3n) is 1.99. The van der Waals surface area contributed by atoms with E-state index in [1.807, 2.05) is 36.4 Å². The zero-order valence-corrected chi connectivity index (χ0v) is 8.13. The first-order chi connectivity index (χ1) is 6.84. The van der Waals surface area contributed by atoms with E-state index in [0.29, 0.717) is 0 Å². The van der Waals surface area contributed by atoms with Gasteiger partial charge < -0.3 is 10.2 Å². The Labute approximate surface area is 84.5 Å². The summed E-state index contributed by atoms with van der Waals surface area (Å²) in [6, 6.07) is 9.51. The lowest BCUT2D eigenvalue weighted by Gasteiger charge is -2.04. The fourth-order valence-corrected chi connectivity index (χ4v) is 1.20. The molecule has 1 atom stereocenters. The molecule has 2 N–H and O–H groups in total. The Bertz CT molecular complexity index is 267. The van der Waals surface area contributed by atoms with E-state index in [9.17, 15) is 5.11 Å². The summed E-state index contributed by atoms with van der Waals surface area (Å²) in [5, 5.41) is 18.2. The van der Waals surface area contributed by atoms with Crippen LogP contribution in [0.2, 0.25) is 0 Å². The van der Waals surface area contributed by atoms with Crippen LogP contribution in [-0.2, 0) is 0 Å². The summed E-state index contributed by atoms with van der Waals surface area (Å²) in [7, 11) is 0. The molecule has 0 heterocycles. The van der Waals surface area contributed by atoms with Gasteiger partial charge in [0.25, 0.3) is 0 Å². The second-order valence-corrected chi connectivity index (χ2v) is 3.15. The Morgan fingerprint density at radius 1 is 1.21 bits per heavy atom. The van der Waals surface area contributed by atoms with Crippen LogP contribution in [-0.4, -0.2) is 16.8 Å². The molecule has 14 heavy (non-hydrogen) atoms. The molecular formula is C12H16O2. The SMILES string of the molecule is OCCC/C=C/[C@H](O)c1ccccc1. The van der Waals surface area contributed by atoms with Gasteiger partial charge in [0.1, 0.15) is 0 Å². The summed E-state index contributed by atoms with van der Waals surface area (Å²) in [6.07, 6.45) is 4.67. The highest BCUT2D eigenvalue weighted by molar-refractivity contribution is 5.20. The van der Waals surface area contributed by atoms with Gasteiger partial charge in [-0.2, -0.15) is 0 Å². The van der Waals surface area contributed by atoms with Crippen molar-refractivity contribution in [2.24, 2.45) is 0 Å². The van der Waals surface area contributed by atoms with E-state index < -0.39 is 6.10 Å². The van der Waals surface area contributed by atoms with Crippen LogP contribution in [0.25, 0.3) is 0 Å². The highest BCUT2D eigenvalue weighted by atomic mass is 16.3. The lowest BCUT2D eigenvalue weighted by atomic mass is 10.1. The van der Waals surface area contributed by atoms with Gasteiger partial charge in [-0.15, -0.1) is 0 Å². The Hall–Kier alpha value is -1.12. The Morgan fingerprint density at radius 3 is 2.57 bits per heavy atom. The lowest BCUT2D eigenvalue weighted by Crippen LogP contribution is -1.91. The highest BCUT2D eigenvalue weighted by Gasteiger charge is 1.99. The van der Waals surface area contributed by atoms with Crippen LogP contribution in [0.15, 0.2) is 42.5 Å². The van der Waals surface area contributed by atoms with Crippen LogP contribution < -0.4 is 0 Å². The largest absolute Gasteiger partial charge is 0.396 e. The number of rotatable bonds is 5. The number of benzene rings is 1. The molecule has 1 aromatic rings. The smallest absolute Gasteiger partial charge is 0.0971 e. The van der Waals surface area contributed by atoms with E-state index in [-0.39, 0.29) is 6.61 Å². The summed E-state index contributed by atoms with van der Waals surface area (Å²) in [5.41, 5.74) is 0.896. The molecule has 0 fully saturated rings. The van der Waals surface area contributed by atoms with Crippen molar-refractivity contribution in [2.45, 2.75) is 18.9 Å². The van der Waals surface area contributed by atoms with Gasteiger partial charge in [0.15, 0.2) is 0 Å². The standard InChI is InChI=1S/C12H16O2/c13-10-6-2-5-9-12(14)11-7-3-1-4-8-11/h1,3-5,7-9,12-14H,2,6,10H2/b9-5+/t12-/m0/s1. The minimum atomic E-state index is -0.533. The third-order valence-corrected chi connectivity index (χ3v) is 1.99. The van der Waals surface area contributed by atoms with Crippen LogP contribution in [0, 0.1) is 0 Å². The predicted molar refractivity (Wildman–Crippen MR) is 56.9 cm³/mol. The van der Waals surface area contributed by atoms with Crippen molar-refractivity contribution < 1.29 is 10.2 Å². The molecule has 1 aromatic carbocycles. The maximum Gasteiger partial charge on any atom is 0.0971 e. The molecule has 0 bridgehead atoms. The average molecular weight is 192 g/mol. The van der Waals surface area contributed by atoms with Crippen LogP contribution in [0.4, 0.5) is 0 Å². The molecule has 1 rings (SSSR count). The van der Waals surface area contributed by atoms with Crippen molar-refractivity contribution in [1.29, 1.82) is 0 Å². The Kier molecular flexibility index (Phi) is 4.97. The van der Waals surface area contributed by atoms with Crippen LogP contribution in [0.5, 0.6) is 0 Å². The monoisotopic (exact) mass is 192 g/mol. The van der Waals surface area contributed by atoms with Gasteiger partial charge >= 0.3 is 0 Å². The summed E-state index contributed by atoms with van der Waals surface area (Å²) in [6.45, 7) is 0.200. The number of aliphatic hydroxyl groups is 2. The summed E-state index contributed by atoms with van der Waals surface area (Å²) < 4.78 is 0. The van der Waals surface area contributed by atoms with E-state index in [0.717, 1.165) is 18.4 Å². The first-order valence-corrected chi connectivity index (χ1v) is 4.85. The lowest BCUT2D eigenvalue weighted by molar-refractivity contribution is 0.228. The molecule has 0 radical (unpaired) electrons. The number of allylic oxidation sites excluding steroid dienone is 1. The van der Waals surface area contributed by atoms with Gasteiger partial charge in [-0.3, -0.25) is 0 Å². The molecule has 0 saturated carbocycles. The highest BCUT2D eigenvalue weighted by Crippen LogP contribution is 2.13. The first kappa shape index (κ1) is 11.0. The summed E-state index contributed by atoms with van der Waals surface area (Å²) >= 11 is 0. The number of aliphatic hydroxyl groups excluding tert-OH is 2. The quantitative estimate of drug-likeness (QED) is 0.553. The summed E-state index contributed by atoms with van der Waals surface area (Å²) in [4.78, 5) is 0. The molecular weight excluding hydrogens is 176 g/mol. The molecule has 0 amide bonds. The molecule has 0 aliphatic rings. The van der Waals surface area contributed by atoms with Gasteiger partial charge in [-0.1, -0.05) is 42.5 Å². The fraction of sp³-hybridized carbons (Fsp3) is 0.333. The molecule has 0 aromatic heterocycles. The molecule has 76 valence electrons. The van der Waals surface area contributed by atoms with E-state index in [2.05, 4.69) is 0 Å². The first-order valence-electron chi connectivity index (χ1n) is 4.85. The van der Waals surface area contributed by atoms with Crippen molar-refractivity contribution in [1.82, 2.24) is 0 Å². The molecule has 0 spiro atoms. The van der Waals surface area contributed by atoms with Crippen molar-refractivity contribution in [2.75, 3.05) is 6.61 Å². The van der Waals surface area contributed by atoms with E-state index in [1.54, 1.807) is 6.08 Å². The fourth-order valence-electron chi connectivity index (χ4n) is 1.20. The van der Waals surface area contributed by atoms with Crippen LogP contribution >= 0.6 is 0 Å². The number of hydrogen-bond acceptors (Lipinski definition) is 2. The Morgan fingerprint density at radius 2 is 1.93 bits per heavy atom. The zero-order valence-electron chi connectivity index (χ0n) is 8.13. The van der Waals surface area contributed by atoms with Crippen molar-refractivity contribution in [3.8, 4) is 0 Å². The van der Waals surface area contributed by atoms with Gasteiger partial charge in [0.05, 0.1) is 6.10 Å². The maximum absolute atomic E-state index is 9.67. The minimum Gasteiger partial charge on any atom is -0.396 e. The molecule has 0 aliphatic carbocycles. The summed E-state index contributed by atoms with van der Waals surface area (Å²) in [5.74, 6) is 0. The minimum absolute atomic E-state index is 0.200. The van der Waals surface area contributed by atoms with Crippen molar-refractivity contribution >= 4 is 0 Å². The number of unbranched alkanes of at least 4 members (excludes halogenated alkanes) is 1. The Balaban J connectivity index is 2.42. The average Bonchev–Trinajstić information content (AvgIpc) is 2.25. The van der Waals surface area contributed by atoms with Crippen LogP contribution in [0.1, 0.15) is 24.5 Å². The van der Waals surface area contributed by atoms with Crippen molar-refractivity contribution in [3.63, 3.8) is 0 Å². The van der Waals surface area contributed by atoms with E-state index in [1.165, 1.54) is 0 Å². The van der Waals surface area contributed by atoms with Gasteiger partial charge in [0.2, 0.25) is 0 Å². The van der Waals surface area contributed by atoms with Crippen molar-refractivity contribution in [3.05, 3.63) is 48.0 Å². The second kappa shape index (κ2) is 6.35. The van der Waals surface area contributed by atoms with E-state index >= 15 is 0 Å². The normalized spacial score (nSPS) is 13.3. The zero-order chi connectivity index (χ0) is 10.2. The van der Waals surface area contributed by atoms with E-state index in [4.69, 9.17) is 5.11 Å². The third kappa shape index (κ3) is 3.73.